The molecule has 0 fully saturated rings. The Bertz CT molecular complexity index is 1060. The summed E-state index contributed by atoms with van der Waals surface area (Å²) in [5, 5.41) is 3.03. The number of hydrogen-bond acceptors (Lipinski definition) is 3. The second kappa shape index (κ2) is 8.37. The number of sulfonamides is 1. The number of carbonyl (C=O) groups is 1. The summed E-state index contributed by atoms with van der Waals surface area (Å²) in [7, 11) is -2.28. The molecule has 0 heterocycles. The Morgan fingerprint density at radius 3 is 2.14 bits per heavy atom. The van der Waals surface area contributed by atoms with Gasteiger partial charge in [-0.25, -0.2) is 13.1 Å². The molecular weight excluding hydrogens is 372 g/mol. The number of rotatable bonds is 6. The summed E-state index contributed by atoms with van der Waals surface area (Å²) in [6.07, 6.45) is 0. The minimum absolute atomic E-state index is 0.0502. The number of amides is 1. The van der Waals surface area contributed by atoms with E-state index in [1.807, 2.05) is 61.5 Å². The van der Waals surface area contributed by atoms with Gasteiger partial charge in [-0.2, -0.15) is 0 Å². The van der Waals surface area contributed by atoms with Crippen LogP contribution in [-0.4, -0.2) is 21.4 Å². The van der Waals surface area contributed by atoms with E-state index in [9.17, 15) is 13.2 Å². The number of hydrogen-bond donors (Lipinski definition) is 2. The Labute approximate surface area is 165 Å². The predicted molar refractivity (Wildman–Crippen MR) is 110 cm³/mol. The third-order valence-corrected chi connectivity index (χ3v) is 5.91. The summed E-state index contributed by atoms with van der Waals surface area (Å²) in [6, 6.07) is 23.3. The van der Waals surface area contributed by atoms with Gasteiger partial charge in [0, 0.05) is 5.56 Å². The van der Waals surface area contributed by atoms with Crippen molar-refractivity contribution in [2.75, 3.05) is 7.05 Å². The molecule has 1 amide bonds. The molecule has 2 N–H and O–H groups in total. The SMILES string of the molecule is CNS(=O)(=O)c1cccc(C(=O)N[C@@H](c2ccccc2)c2ccc(C)cc2)c1. The fourth-order valence-corrected chi connectivity index (χ4v) is 3.68. The number of carbonyl (C=O) groups excluding carboxylic acids is 1. The highest BCUT2D eigenvalue weighted by Gasteiger charge is 2.19. The highest BCUT2D eigenvalue weighted by molar-refractivity contribution is 7.89. The maximum atomic E-state index is 12.9. The third-order valence-electron chi connectivity index (χ3n) is 4.49. The van der Waals surface area contributed by atoms with Crippen molar-refractivity contribution in [3.8, 4) is 0 Å². The molecule has 3 aromatic carbocycles. The monoisotopic (exact) mass is 394 g/mol. The van der Waals surface area contributed by atoms with Crippen LogP contribution in [0, 0.1) is 6.92 Å². The van der Waals surface area contributed by atoms with Crippen molar-refractivity contribution in [3.63, 3.8) is 0 Å². The molecule has 0 unspecified atom stereocenters. The van der Waals surface area contributed by atoms with Gasteiger partial charge in [0.2, 0.25) is 10.0 Å². The van der Waals surface area contributed by atoms with Crippen LogP contribution < -0.4 is 10.0 Å². The topological polar surface area (TPSA) is 75.3 Å². The Hall–Kier alpha value is -2.96. The largest absolute Gasteiger partial charge is 0.341 e. The van der Waals surface area contributed by atoms with E-state index in [2.05, 4.69) is 10.0 Å². The second-order valence-electron chi connectivity index (χ2n) is 6.46. The van der Waals surface area contributed by atoms with Crippen molar-refractivity contribution in [1.82, 2.24) is 10.0 Å². The van der Waals surface area contributed by atoms with Crippen LogP contribution in [-0.2, 0) is 10.0 Å². The smallest absolute Gasteiger partial charge is 0.252 e. The first kappa shape index (κ1) is 19.8. The van der Waals surface area contributed by atoms with Gasteiger partial charge in [0.15, 0.2) is 0 Å². The summed E-state index contributed by atoms with van der Waals surface area (Å²) in [4.78, 5) is 13.0. The fraction of sp³-hybridized carbons (Fsp3) is 0.136. The van der Waals surface area contributed by atoms with Gasteiger partial charge in [0.25, 0.3) is 5.91 Å². The molecule has 0 saturated heterocycles. The van der Waals surface area contributed by atoms with E-state index in [4.69, 9.17) is 0 Å². The first-order valence-electron chi connectivity index (χ1n) is 8.87. The number of aryl methyl sites for hydroxylation is 1. The van der Waals surface area contributed by atoms with Crippen LogP contribution in [0.5, 0.6) is 0 Å². The average Bonchev–Trinajstić information content (AvgIpc) is 2.73. The van der Waals surface area contributed by atoms with Crippen LogP contribution >= 0.6 is 0 Å². The highest BCUT2D eigenvalue weighted by atomic mass is 32.2. The zero-order chi connectivity index (χ0) is 20.1. The third kappa shape index (κ3) is 4.47. The molecule has 0 aromatic heterocycles. The van der Waals surface area contributed by atoms with E-state index in [0.717, 1.165) is 16.7 Å². The van der Waals surface area contributed by atoms with E-state index in [1.54, 1.807) is 12.1 Å². The van der Waals surface area contributed by atoms with E-state index in [0.29, 0.717) is 0 Å². The van der Waals surface area contributed by atoms with Gasteiger partial charge in [-0.15, -0.1) is 0 Å². The Morgan fingerprint density at radius 1 is 0.857 bits per heavy atom. The van der Waals surface area contributed by atoms with Gasteiger partial charge >= 0.3 is 0 Å². The van der Waals surface area contributed by atoms with Gasteiger partial charge in [0.05, 0.1) is 10.9 Å². The number of benzene rings is 3. The molecule has 0 radical (unpaired) electrons. The van der Waals surface area contributed by atoms with E-state index >= 15 is 0 Å². The Balaban J connectivity index is 1.94. The molecule has 0 spiro atoms. The lowest BCUT2D eigenvalue weighted by molar-refractivity contribution is 0.0942. The summed E-state index contributed by atoms with van der Waals surface area (Å²) in [6.45, 7) is 2.01. The van der Waals surface area contributed by atoms with Crippen LogP contribution in [0.25, 0.3) is 0 Å². The lowest BCUT2D eigenvalue weighted by Crippen LogP contribution is -2.29. The number of nitrogens with one attached hydrogen (secondary N) is 2. The maximum absolute atomic E-state index is 12.9. The van der Waals surface area contributed by atoms with Crippen LogP contribution in [0.3, 0.4) is 0 Å². The molecule has 5 nitrogen and oxygen atoms in total. The molecule has 3 aromatic rings. The molecule has 28 heavy (non-hydrogen) atoms. The standard InChI is InChI=1S/C22H22N2O3S/c1-16-11-13-18(14-12-16)21(17-7-4-3-5-8-17)24-22(25)19-9-6-10-20(15-19)28(26,27)23-2/h3-15,21,23H,1-2H3,(H,24,25)/t21-/m0/s1. The summed E-state index contributed by atoms with van der Waals surface area (Å²) in [5.74, 6) is -0.345. The summed E-state index contributed by atoms with van der Waals surface area (Å²) >= 11 is 0. The second-order valence-corrected chi connectivity index (χ2v) is 8.35. The first-order valence-corrected chi connectivity index (χ1v) is 10.3. The Kier molecular flexibility index (Phi) is 5.92. The van der Waals surface area contributed by atoms with Crippen molar-refractivity contribution < 1.29 is 13.2 Å². The normalized spacial score (nSPS) is 12.4. The van der Waals surface area contributed by atoms with Crippen LogP contribution in [0.1, 0.15) is 33.1 Å². The maximum Gasteiger partial charge on any atom is 0.252 e. The lowest BCUT2D eigenvalue weighted by atomic mass is 9.97. The average molecular weight is 394 g/mol. The van der Waals surface area contributed by atoms with Crippen molar-refractivity contribution in [2.24, 2.45) is 0 Å². The Morgan fingerprint density at radius 2 is 1.50 bits per heavy atom. The van der Waals surface area contributed by atoms with Crippen molar-refractivity contribution >= 4 is 15.9 Å². The molecule has 0 saturated carbocycles. The highest BCUT2D eigenvalue weighted by Crippen LogP contribution is 2.23. The zero-order valence-electron chi connectivity index (χ0n) is 15.7. The molecule has 0 aliphatic rings. The summed E-state index contributed by atoms with van der Waals surface area (Å²) in [5.41, 5.74) is 3.30. The van der Waals surface area contributed by atoms with Gasteiger partial charge in [-0.05, 0) is 43.3 Å². The van der Waals surface area contributed by atoms with Gasteiger partial charge in [0.1, 0.15) is 0 Å². The van der Waals surface area contributed by atoms with Gasteiger partial charge in [-0.3, -0.25) is 4.79 Å². The summed E-state index contributed by atoms with van der Waals surface area (Å²) < 4.78 is 26.3. The van der Waals surface area contributed by atoms with Gasteiger partial charge in [-0.1, -0.05) is 66.2 Å². The predicted octanol–water partition coefficient (Wildman–Crippen LogP) is 3.42. The zero-order valence-corrected chi connectivity index (χ0v) is 16.5. The molecule has 0 aliphatic heterocycles. The van der Waals surface area contributed by atoms with Crippen molar-refractivity contribution in [3.05, 3.63) is 101 Å². The van der Waals surface area contributed by atoms with Crippen molar-refractivity contribution in [2.45, 2.75) is 17.9 Å². The van der Waals surface area contributed by atoms with E-state index in [-0.39, 0.29) is 22.4 Å². The van der Waals surface area contributed by atoms with E-state index in [1.165, 1.54) is 19.2 Å². The van der Waals surface area contributed by atoms with E-state index < -0.39 is 10.0 Å². The molecule has 144 valence electrons. The lowest BCUT2D eigenvalue weighted by Gasteiger charge is -2.20. The van der Waals surface area contributed by atoms with Crippen LogP contribution in [0.2, 0.25) is 0 Å². The fourth-order valence-electron chi connectivity index (χ4n) is 2.90. The quantitative estimate of drug-likeness (QED) is 0.673. The first-order chi connectivity index (χ1) is 13.4. The van der Waals surface area contributed by atoms with Crippen LogP contribution in [0.4, 0.5) is 0 Å². The minimum Gasteiger partial charge on any atom is -0.341 e. The molecule has 1 atom stereocenters. The molecule has 0 aliphatic carbocycles. The molecule has 3 rings (SSSR count). The van der Waals surface area contributed by atoms with Crippen LogP contribution in [0.15, 0.2) is 83.8 Å². The minimum atomic E-state index is -3.62. The molecular formula is C22H22N2O3S. The molecule has 6 heteroatoms. The van der Waals surface area contributed by atoms with Crippen molar-refractivity contribution in [1.29, 1.82) is 0 Å². The molecule has 0 bridgehead atoms. The van der Waals surface area contributed by atoms with Gasteiger partial charge < -0.3 is 5.32 Å².